The van der Waals surface area contributed by atoms with Crippen molar-refractivity contribution in [2.45, 2.75) is 72.8 Å². The van der Waals surface area contributed by atoms with Gasteiger partial charge in [0.1, 0.15) is 12.2 Å². The molecule has 0 N–H and O–H groups in total. The fraction of sp³-hybridized carbons (Fsp3) is 0.882. The smallest absolute Gasteiger partial charge is 0.138 e. The molecule has 0 aliphatic heterocycles. The van der Waals surface area contributed by atoms with Crippen LogP contribution in [-0.4, -0.2) is 20.1 Å². The van der Waals surface area contributed by atoms with Gasteiger partial charge < -0.3 is 0 Å². The van der Waals surface area contributed by atoms with Crippen molar-refractivity contribution in [2.75, 3.05) is 5.33 Å². The van der Waals surface area contributed by atoms with Crippen molar-refractivity contribution < 1.29 is 0 Å². The Morgan fingerprint density at radius 1 is 1.33 bits per heavy atom. The Bertz CT molecular complexity index is 439. The molecule has 0 radical (unpaired) electrons. The number of halogens is 1. The second-order valence-electron chi connectivity index (χ2n) is 7.85. The van der Waals surface area contributed by atoms with Crippen LogP contribution in [0.1, 0.15) is 65.6 Å². The van der Waals surface area contributed by atoms with Crippen LogP contribution < -0.4 is 0 Å². The second-order valence-corrected chi connectivity index (χ2v) is 8.41. The normalized spacial score (nSPS) is 27.0. The quantitative estimate of drug-likeness (QED) is 0.706. The lowest BCUT2D eigenvalue weighted by Crippen LogP contribution is -2.36. The molecule has 3 nitrogen and oxygen atoms in total. The van der Waals surface area contributed by atoms with Crippen molar-refractivity contribution in [1.29, 1.82) is 0 Å². The molecule has 4 heteroatoms. The highest BCUT2D eigenvalue weighted by Crippen LogP contribution is 2.47. The van der Waals surface area contributed by atoms with Gasteiger partial charge in [0.05, 0.1) is 0 Å². The number of nitrogens with zero attached hydrogens (tertiary/aromatic N) is 3. The zero-order valence-electron chi connectivity index (χ0n) is 14.0. The molecule has 0 aromatic carbocycles. The summed E-state index contributed by atoms with van der Waals surface area (Å²) in [7, 11) is 0. The van der Waals surface area contributed by atoms with Gasteiger partial charge in [0, 0.05) is 18.3 Å². The van der Waals surface area contributed by atoms with Gasteiger partial charge in [0.15, 0.2) is 0 Å². The molecular formula is C17H30BrN3. The number of alkyl halides is 1. The Balaban J connectivity index is 2.05. The van der Waals surface area contributed by atoms with E-state index >= 15 is 0 Å². The molecule has 0 saturated heterocycles. The molecule has 0 spiro atoms. The van der Waals surface area contributed by atoms with Crippen molar-refractivity contribution in [1.82, 2.24) is 14.8 Å². The van der Waals surface area contributed by atoms with Crippen LogP contribution in [0.4, 0.5) is 0 Å². The van der Waals surface area contributed by atoms with Crippen molar-refractivity contribution in [2.24, 2.45) is 16.7 Å². The molecule has 1 heterocycles. The summed E-state index contributed by atoms with van der Waals surface area (Å²) >= 11 is 3.79. The van der Waals surface area contributed by atoms with Gasteiger partial charge in [-0.15, -0.1) is 0 Å². The lowest BCUT2D eigenvalue weighted by Gasteiger charge is -2.43. The summed E-state index contributed by atoms with van der Waals surface area (Å²) < 4.78 is 2.10. The lowest BCUT2D eigenvalue weighted by atomic mass is 9.64. The van der Waals surface area contributed by atoms with E-state index in [4.69, 9.17) is 0 Å². The van der Waals surface area contributed by atoms with E-state index in [0.717, 1.165) is 30.6 Å². The lowest BCUT2D eigenvalue weighted by molar-refractivity contribution is 0.101. The van der Waals surface area contributed by atoms with E-state index in [2.05, 4.69) is 58.4 Å². The molecule has 0 bridgehead atoms. The third-order valence-corrected chi connectivity index (χ3v) is 6.41. The van der Waals surface area contributed by atoms with Gasteiger partial charge in [0.2, 0.25) is 0 Å². The van der Waals surface area contributed by atoms with Crippen LogP contribution >= 0.6 is 15.9 Å². The van der Waals surface area contributed by atoms with Gasteiger partial charge in [-0.3, -0.25) is 4.68 Å². The minimum Gasteiger partial charge on any atom is -0.250 e. The molecule has 1 aliphatic carbocycles. The first-order valence-electron chi connectivity index (χ1n) is 8.33. The number of aromatic nitrogens is 3. The topological polar surface area (TPSA) is 30.7 Å². The Morgan fingerprint density at radius 3 is 2.52 bits per heavy atom. The maximum Gasteiger partial charge on any atom is 0.138 e. The van der Waals surface area contributed by atoms with E-state index in [-0.39, 0.29) is 0 Å². The molecular weight excluding hydrogens is 326 g/mol. The average Bonchev–Trinajstić information content (AvgIpc) is 2.86. The fourth-order valence-corrected chi connectivity index (χ4v) is 4.37. The minimum absolute atomic E-state index is 0.375. The van der Waals surface area contributed by atoms with E-state index in [9.17, 15) is 0 Å². The molecule has 0 amide bonds. The summed E-state index contributed by atoms with van der Waals surface area (Å²) in [5, 5.41) is 5.46. The predicted octanol–water partition coefficient (Wildman–Crippen LogP) is 4.85. The van der Waals surface area contributed by atoms with Gasteiger partial charge in [0.25, 0.3) is 0 Å². The van der Waals surface area contributed by atoms with Crippen LogP contribution in [0.25, 0.3) is 0 Å². The third kappa shape index (κ3) is 4.08. The monoisotopic (exact) mass is 355 g/mol. The molecule has 0 unspecified atom stereocenters. The Kier molecular flexibility index (Phi) is 5.50. The molecule has 1 saturated carbocycles. The molecule has 1 aromatic heterocycles. The third-order valence-electron chi connectivity index (χ3n) is 5.22. The fourth-order valence-electron chi connectivity index (χ4n) is 3.61. The van der Waals surface area contributed by atoms with E-state index in [1.807, 2.05) is 0 Å². The summed E-state index contributed by atoms with van der Waals surface area (Å²) in [6.45, 7) is 10.3. The van der Waals surface area contributed by atoms with Crippen molar-refractivity contribution in [3.63, 3.8) is 0 Å². The largest absolute Gasteiger partial charge is 0.250 e. The summed E-state index contributed by atoms with van der Waals surface area (Å²) in [6, 6.07) is 0. The second kappa shape index (κ2) is 6.80. The summed E-state index contributed by atoms with van der Waals surface area (Å²) in [4.78, 5) is 4.52. The highest BCUT2D eigenvalue weighted by molar-refractivity contribution is 9.09. The van der Waals surface area contributed by atoms with Crippen LogP contribution in [0.2, 0.25) is 0 Å². The highest BCUT2D eigenvalue weighted by Gasteiger charge is 2.39. The van der Waals surface area contributed by atoms with Crippen LogP contribution in [0.15, 0.2) is 6.33 Å². The maximum absolute atomic E-state index is 4.52. The van der Waals surface area contributed by atoms with Crippen molar-refractivity contribution in [3.05, 3.63) is 12.2 Å². The zero-order chi connectivity index (χ0) is 15.5. The van der Waals surface area contributed by atoms with E-state index in [1.54, 1.807) is 6.33 Å². The van der Waals surface area contributed by atoms with Gasteiger partial charge in [-0.05, 0) is 48.9 Å². The first-order valence-corrected chi connectivity index (χ1v) is 9.45. The number of hydrogen-bond donors (Lipinski definition) is 0. The average molecular weight is 356 g/mol. The molecule has 2 rings (SSSR count). The number of hydrogen-bond acceptors (Lipinski definition) is 2. The van der Waals surface area contributed by atoms with Crippen LogP contribution in [0.5, 0.6) is 0 Å². The molecule has 1 aliphatic rings. The van der Waals surface area contributed by atoms with E-state index < -0.39 is 0 Å². The predicted molar refractivity (Wildman–Crippen MR) is 91.7 cm³/mol. The number of rotatable bonds is 5. The van der Waals surface area contributed by atoms with E-state index in [1.165, 1.54) is 31.5 Å². The van der Waals surface area contributed by atoms with Crippen LogP contribution in [-0.2, 0) is 13.0 Å². The Morgan fingerprint density at radius 2 is 2.00 bits per heavy atom. The van der Waals surface area contributed by atoms with Crippen LogP contribution in [0.3, 0.4) is 0 Å². The Labute approximate surface area is 138 Å². The van der Waals surface area contributed by atoms with Gasteiger partial charge in [-0.2, -0.15) is 5.10 Å². The van der Waals surface area contributed by atoms with Crippen molar-refractivity contribution in [3.8, 4) is 0 Å². The molecule has 0 atom stereocenters. The summed E-state index contributed by atoms with van der Waals surface area (Å²) in [6.07, 6.45) is 9.19. The van der Waals surface area contributed by atoms with Crippen molar-refractivity contribution >= 4 is 15.9 Å². The number of aryl methyl sites for hydroxylation is 1. The van der Waals surface area contributed by atoms with Gasteiger partial charge >= 0.3 is 0 Å². The van der Waals surface area contributed by atoms with E-state index in [0.29, 0.717) is 10.8 Å². The molecule has 1 fully saturated rings. The highest BCUT2D eigenvalue weighted by atomic mass is 79.9. The van der Waals surface area contributed by atoms with Gasteiger partial charge in [-0.1, -0.05) is 43.6 Å². The zero-order valence-corrected chi connectivity index (χ0v) is 15.6. The minimum atomic E-state index is 0.375. The molecule has 120 valence electrons. The first kappa shape index (κ1) is 17.0. The van der Waals surface area contributed by atoms with Crippen LogP contribution in [0, 0.1) is 16.7 Å². The summed E-state index contributed by atoms with van der Waals surface area (Å²) in [5.41, 5.74) is 0.820. The molecule has 21 heavy (non-hydrogen) atoms. The summed E-state index contributed by atoms with van der Waals surface area (Å²) in [5.74, 6) is 2.03. The van der Waals surface area contributed by atoms with Gasteiger partial charge in [-0.25, -0.2) is 4.98 Å². The first-order chi connectivity index (χ1) is 9.90. The SMILES string of the molecule is CCCn1ncnc1CC1(CBr)CCC(C(C)(C)C)CC1. The molecule has 1 aromatic rings. The Hall–Kier alpha value is -0.380. The maximum atomic E-state index is 4.52. The standard InChI is InChI=1S/C17H30BrN3/c1-5-10-21-15(19-13-20-21)11-17(12-18)8-6-14(7-9-17)16(2,3)4/h13-14H,5-12H2,1-4H3.